The normalized spacial score (nSPS) is 11.4. The smallest absolute Gasteiger partial charge is 0.309 e. The van der Waals surface area contributed by atoms with Crippen LogP contribution in [0.5, 0.6) is 5.75 Å². The van der Waals surface area contributed by atoms with Gasteiger partial charge in [0, 0.05) is 29.9 Å². The van der Waals surface area contributed by atoms with E-state index in [-0.39, 0.29) is 25.0 Å². The Kier molecular flexibility index (Phi) is 6.53. The molecule has 1 aromatic heterocycles. The van der Waals surface area contributed by atoms with Crippen molar-refractivity contribution in [3.8, 4) is 5.75 Å². The van der Waals surface area contributed by atoms with Crippen LogP contribution in [0.1, 0.15) is 32.8 Å². The van der Waals surface area contributed by atoms with Gasteiger partial charge in [0.15, 0.2) is 6.73 Å². The molecule has 0 atom stereocenters. The third-order valence-corrected chi connectivity index (χ3v) is 4.00. The zero-order valence-corrected chi connectivity index (χ0v) is 16.4. The molecule has 142 valence electrons. The fourth-order valence-electron chi connectivity index (χ4n) is 2.69. The van der Waals surface area contributed by atoms with Gasteiger partial charge < -0.3 is 19.4 Å². The summed E-state index contributed by atoms with van der Waals surface area (Å²) in [6, 6.07) is 5.73. The summed E-state index contributed by atoms with van der Waals surface area (Å²) >= 11 is 6.07. The summed E-state index contributed by atoms with van der Waals surface area (Å²) in [5.41, 5.74) is 1.97. The summed E-state index contributed by atoms with van der Waals surface area (Å²) in [6.45, 7) is 5.67. The van der Waals surface area contributed by atoms with Gasteiger partial charge in [-0.1, -0.05) is 0 Å². The van der Waals surface area contributed by atoms with E-state index in [9.17, 15) is 9.59 Å². The highest BCUT2D eigenvalue weighted by molar-refractivity contribution is 6.24. The number of rotatable bonds is 8. The average molecular weight is 381 g/mol. The third-order valence-electron chi connectivity index (χ3n) is 3.87. The maximum atomic E-state index is 11.9. The van der Waals surface area contributed by atoms with Crippen LogP contribution in [-0.4, -0.2) is 35.0 Å². The molecular formula is C19H25ClN2O4. The molecule has 6 nitrogen and oxygen atoms in total. The molecule has 1 heterocycles. The van der Waals surface area contributed by atoms with E-state index in [2.05, 4.69) is 5.32 Å². The van der Waals surface area contributed by atoms with Crippen LogP contribution in [0.2, 0.25) is 0 Å². The van der Waals surface area contributed by atoms with E-state index in [0.29, 0.717) is 13.0 Å². The Morgan fingerprint density at radius 2 is 2.04 bits per heavy atom. The molecule has 0 spiro atoms. The van der Waals surface area contributed by atoms with Gasteiger partial charge in [-0.15, -0.1) is 11.6 Å². The van der Waals surface area contributed by atoms with Gasteiger partial charge >= 0.3 is 5.97 Å². The molecule has 7 heteroatoms. The van der Waals surface area contributed by atoms with Crippen molar-refractivity contribution in [2.45, 2.75) is 45.2 Å². The monoisotopic (exact) mass is 380 g/mol. The number of hydrogen-bond donors (Lipinski definition) is 1. The molecule has 1 amide bonds. The van der Waals surface area contributed by atoms with E-state index >= 15 is 0 Å². The number of methoxy groups -OCH3 is 1. The van der Waals surface area contributed by atoms with Crippen LogP contribution in [0.25, 0.3) is 10.9 Å². The molecule has 0 unspecified atom stereocenters. The SMILES string of the molecule is COc1ccc2c(c1)c(CCNC(C)=O)cn2COC(=O)CC(C)(C)Cl. The Hall–Kier alpha value is -2.21. The number of nitrogens with zero attached hydrogens (tertiary/aromatic N) is 1. The zero-order valence-electron chi connectivity index (χ0n) is 15.6. The van der Waals surface area contributed by atoms with E-state index in [1.165, 1.54) is 6.92 Å². The highest BCUT2D eigenvalue weighted by Gasteiger charge is 2.20. The zero-order chi connectivity index (χ0) is 19.3. The number of esters is 1. The molecule has 0 bridgehead atoms. The van der Waals surface area contributed by atoms with Crippen LogP contribution < -0.4 is 10.1 Å². The van der Waals surface area contributed by atoms with Gasteiger partial charge in [-0.05, 0) is 44.0 Å². The predicted octanol–water partition coefficient (Wildman–Crippen LogP) is 3.24. The quantitative estimate of drug-likeness (QED) is 0.563. The molecule has 0 aliphatic carbocycles. The molecular weight excluding hydrogens is 356 g/mol. The second kappa shape index (κ2) is 8.45. The van der Waals surface area contributed by atoms with Gasteiger partial charge in [0.2, 0.25) is 5.91 Å². The number of carbonyl (C=O) groups excluding carboxylic acids is 2. The van der Waals surface area contributed by atoms with E-state index in [1.54, 1.807) is 21.0 Å². The number of ether oxygens (including phenoxy) is 2. The Morgan fingerprint density at radius 3 is 2.65 bits per heavy atom. The maximum Gasteiger partial charge on any atom is 0.309 e. The summed E-state index contributed by atoms with van der Waals surface area (Å²) in [5.74, 6) is 0.334. The van der Waals surface area contributed by atoms with Gasteiger partial charge in [0.25, 0.3) is 0 Å². The molecule has 26 heavy (non-hydrogen) atoms. The summed E-state index contributed by atoms with van der Waals surface area (Å²) < 4.78 is 12.5. The van der Waals surface area contributed by atoms with Crippen LogP contribution in [-0.2, 0) is 27.5 Å². The Balaban J connectivity index is 2.20. The van der Waals surface area contributed by atoms with Crippen molar-refractivity contribution < 1.29 is 19.1 Å². The third kappa shape index (κ3) is 5.66. The van der Waals surface area contributed by atoms with Gasteiger partial charge in [0.05, 0.1) is 19.0 Å². The van der Waals surface area contributed by atoms with Gasteiger partial charge in [0.1, 0.15) is 5.75 Å². The molecule has 0 saturated carbocycles. The lowest BCUT2D eigenvalue weighted by molar-refractivity contribution is -0.147. The van der Waals surface area contributed by atoms with Crippen molar-refractivity contribution in [1.29, 1.82) is 0 Å². The largest absolute Gasteiger partial charge is 0.497 e. The minimum Gasteiger partial charge on any atom is -0.497 e. The van der Waals surface area contributed by atoms with Crippen LogP contribution in [0.15, 0.2) is 24.4 Å². The molecule has 1 N–H and O–H groups in total. The Bertz CT molecular complexity index is 793. The topological polar surface area (TPSA) is 69.6 Å². The van der Waals surface area contributed by atoms with Crippen molar-refractivity contribution in [2.24, 2.45) is 0 Å². The Morgan fingerprint density at radius 1 is 1.31 bits per heavy atom. The maximum absolute atomic E-state index is 11.9. The first kappa shape index (κ1) is 20.1. The second-order valence-corrected chi connectivity index (χ2v) is 7.80. The molecule has 0 saturated heterocycles. The number of benzene rings is 1. The molecule has 2 rings (SSSR count). The highest BCUT2D eigenvalue weighted by Crippen LogP contribution is 2.27. The van der Waals surface area contributed by atoms with Crippen molar-refractivity contribution in [2.75, 3.05) is 13.7 Å². The van der Waals surface area contributed by atoms with Gasteiger partial charge in [-0.2, -0.15) is 0 Å². The highest BCUT2D eigenvalue weighted by atomic mass is 35.5. The average Bonchev–Trinajstić information content (AvgIpc) is 2.88. The van der Waals surface area contributed by atoms with Crippen molar-refractivity contribution in [3.63, 3.8) is 0 Å². The lowest BCUT2D eigenvalue weighted by Crippen LogP contribution is -2.22. The molecule has 0 aliphatic rings. The molecule has 2 aromatic rings. The first-order valence-electron chi connectivity index (χ1n) is 8.44. The standard InChI is InChI=1S/C19H25ClN2O4/c1-13(23)21-8-7-14-11-22(12-26-18(24)10-19(2,3)20)17-6-5-15(25-4)9-16(14)17/h5-6,9,11H,7-8,10,12H2,1-4H3,(H,21,23). The fraction of sp³-hybridized carbons (Fsp3) is 0.474. The summed E-state index contributed by atoms with van der Waals surface area (Å²) in [6.07, 6.45) is 2.74. The molecule has 0 fully saturated rings. The minimum atomic E-state index is -0.632. The summed E-state index contributed by atoms with van der Waals surface area (Å²) in [4.78, 5) is 22.4. The number of amides is 1. The van der Waals surface area contributed by atoms with Crippen LogP contribution in [0.4, 0.5) is 0 Å². The summed E-state index contributed by atoms with van der Waals surface area (Å²) in [5, 5.41) is 3.80. The van der Waals surface area contributed by atoms with Gasteiger partial charge in [-0.3, -0.25) is 9.59 Å². The number of aromatic nitrogens is 1. The lowest BCUT2D eigenvalue weighted by Gasteiger charge is -2.14. The first-order chi connectivity index (χ1) is 12.2. The number of halogens is 1. The minimum absolute atomic E-state index is 0.0658. The van der Waals surface area contributed by atoms with Crippen LogP contribution >= 0.6 is 11.6 Å². The Labute approximate surface area is 158 Å². The van der Waals surface area contributed by atoms with E-state index in [1.807, 2.05) is 29.0 Å². The molecule has 0 radical (unpaired) electrons. The van der Waals surface area contributed by atoms with Crippen LogP contribution in [0.3, 0.4) is 0 Å². The number of carbonyl (C=O) groups is 2. The van der Waals surface area contributed by atoms with Crippen molar-refractivity contribution in [3.05, 3.63) is 30.0 Å². The van der Waals surface area contributed by atoms with E-state index in [0.717, 1.165) is 22.2 Å². The molecule has 0 aliphatic heterocycles. The van der Waals surface area contributed by atoms with E-state index in [4.69, 9.17) is 21.1 Å². The van der Waals surface area contributed by atoms with Crippen molar-refractivity contribution in [1.82, 2.24) is 9.88 Å². The van der Waals surface area contributed by atoms with E-state index < -0.39 is 4.87 Å². The lowest BCUT2D eigenvalue weighted by atomic mass is 10.1. The number of alkyl halides is 1. The number of hydrogen-bond acceptors (Lipinski definition) is 4. The fourth-order valence-corrected chi connectivity index (χ4v) is 2.80. The predicted molar refractivity (Wildman–Crippen MR) is 102 cm³/mol. The summed E-state index contributed by atoms with van der Waals surface area (Å²) in [7, 11) is 1.62. The molecule has 1 aromatic carbocycles. The second-order valence-electron chi connectivity index (χ2n) is 6.78. The van der Waals surface area contributed by atoms with Crippen LogP contribution in [0, 0.1) is 0 Å². The number of fused-ring (bicyclic) bond motifs is 1. The first-order valence-corrected chi connectivity index (χ1v) is 8.82. The number of nitrogens with one attached hydrogen (secondary N) is 1. The van der Waals surface area contributed by atoms with Crippen molar-refractivity contribution >= 4 is 34.4 Å². The van der Waals surface area contributed by atoms with Gasteiger partial charge in [-0.25, -0.2) is 0 Å².